The summed E-state index contributed by atoms with van der Waals surface area (Å²) in [6.45, 7) is 2.50. The summed E-state index contributed by atoms with van der Waals surface area (Å²) in [5, 5.41) is 2.97. The Hall–Kier alpha value is -2.52. The summed E-state index contributed by atoms with van der Waals surface area (Å²) >= 11 is 1.05. The zero-order chi connectivity index (χ0) is 21.7. The number of likely N-dealkylation sites (tertiary alicyclic amines) is 1. The molecule has 0 unspecified atom stereocenters. The van der Waals surface area contributed by atoms with Crippen LogP contribution in [0.15, 0.2) is 23.0 Å². The first kappa shape index (κ1) is 20.4. The van der Waals surface area contributed by atoms with Gasteiger partial charge in [-0.15, -0.1) is 0 Å². The van der Waals surface area contributed by atoms with Crippen molar-refractivity contribution in [2.45, 2.75) is 50.8 Å². The summed E-state index contributed by atoms with van der Waals surface area (Å²) in [5.74, 6) is -0.460. The lowest BCUT2D eigenvalue weighted by Gasteiger charge is -2.30. The Bertz CT molecular complexity index is 1100. The van der Waals surface area contributed by atoms with Crippen molar-refractivity contribution in [1.29, 1.82) is 0 Å². The molecule has 0 spiro atoms. The Balaban J connectivity index is 1.40. The molecule has 164 valence electrons. The molecule has 1 aliphatic carbocycles. The molecule has 1 aromatic heterocycles. The number of amides is 2. The van der Waals surface area contributed by atoms with Crippen LogP contribution in [0, 0.1) is 11.8 Å². The number of ketones is 1. The fraction of sp³-hybridized carbons (Fsp3) is 0.545. The third-order valence-corrected chi connectivity index (χ3v) is 7.68. The second-order valence-corrected chi connectivity index (χ2v) is 9.89. The van der Waals surface area contributed by atoms with Gasteiger partial charge in [-0.1, -0.05) is 31.1 Å². The van der Waals surface area contributed by atoms with Crippen LogP contribution in [0.25, 0.3) is 10.2 Å². The number of carbonyl (C=O) groups is 3. The first-order valence-corrected chi connectivity index (χ1v) is 11.6. The Morgan fingerprint density at radius 3 is 2.81 bits per heavy atom. The van der Waals surface area contributed by atoms with Crippen molar-refractivity contribution in [3.8, 4) is 0 Å². The second kappa shape index (κ2) is 7.87. The molecule has 31 heavy (non-hydrogen) atoms. The number of Topliss-reactive ketones (excluding diaryl/α,β-unsaturated/α-hetero) is 1. The maximum Gasteiger partial charge on any atom is 0.305 e. The van der Waals surface area contributed by atoms with E-state index in [1.165, 1.54) is 0 Å². The molecular weight excluding hydrogens is 418 g/mol. The number of nitrogens with zero attached hydrogens (tertiary/aromatic N) is 1. The molecule has 3 fully saturated rings. The smallest absolute Gasteiger partial charge is 0.305 e. The molecule has 8 nitrogen and oxygen atoms in total. The van der Waals surface area contributed by atoms with E-state index in [1.54, 1.807) is 23.1 Å². The number of ether oxygens (including phenoxy) is 1. The van der Waals surface area contributed by atoms with Gasteiger partial charge in [-0.2, -0.15) is 0 Å². The number of carbonyl (C=O) groups excluding carboxylic acids is 3. The molecular formula is C22H25N3O5S. The molecule has 9 heteroatoms. The average Bonchev–Trinajstić information content (AvgIpc) is 3.51. The fourth-order valence-electron chi connectivity index (χ4n) is 5.28. The summed E-state index contributed by atoms with van der Waals surface area (Å²) in [5.41, 5.74) is 1.10. The molecule has 2 aliphatic heterocycles. The molecule has 1 aromatic carbocycles. The molecule has 2 amide bonds. The number of H-pyrrole nitrogens is 1. The average molecular weight is 444 g/mol. The third kappa shape index (κ3) is 3.59. The van der Waals surface area contributed by atoms with Crippen molar-refractivity contribution in [1.82, 2.24) is 15.2 Å². The summed E-state index contributed by atoms with van der Waals surface area (Å²) in [6, 6.07) is 3.81. The number of hydrogen-bond donors (Lipinski definition) is 2. The number of fused-ring (bicyclic) bond motifs is 2. The fourth-order valence-corrected chi connectivity index (χ4v) is 6.06. The van der Waals surface area contributed by atoms with Crippen molar-refractivity contribution in [3.63, 3.8) is 0 Å². The summed E-state index contributed by atoms with van der Waals surface area (Å²) in [4.78, 5) is 54.8. The number of thiazole rings is 1. The van der Waals surface area contributed by atoms with E-state index in [-0.39, 0.29) is 47.0 Å². The lowest BCUT2D eigenvalue weighted by atomic mass is 9.95. The highest BCUT2D eigenvalue weighted by Crippen LogP contribution is 2.35. The lowest BCUT2D eigenvalue weighted by molar-refractivity contribution is -0.139. The van der Waals surface area contributed by atoms with E-state index in [4.69, 9.17) is 4.74 Å². The molecule has 1 saturated carbocycles. The van der Waals surface area contributed by atoms with E-state index in [0.717, 1.165) is 37.0 Å². The monoisotopic (exact) mass is 443 g/mol. The van der Waals surface area contributed by atoms with Crippen LogP contribution in [-0.4, -0.2) is 58.8 Å². The van der Waals surface area contributed by atoms with Gasteiger partial charge in [0, 0.05) is 18.0 Å². The van der Waals surface area contributed by atoms with Crippen LogP contribution in [-0.2, 0) is 14.3 Å². The molecule has 2 saturated heterocycles. The molecule has 5 rings (SSSR count). The van der Waals surface area contributed by atoms with Crippen LogP contribution in [0.4, 0.5) is 0 Å². The Morgan fingerprint density at radius 2 is 2.03 bits per heavy atom. The molecule has 0 bridgehead atoms. The van der Waals surface area contributed by atoms with Gasteiger partial charge in [0.05, 0.1) is 16.3 Å². The van der Waals surface area contributed by atoms with Gasteiger partial charge in [0.2, 0.25) is 5.91 Å². The summed E-state index contributed by atoms with van der Waals surface area (Å²) in [6.07, 6.45) is 3.54. The van der Waals surface area contributed by atoms with Gasteiger partial charge in [-0.05, 0) is 37.0 Å². The zero-order valence-electron chi connectivity index (χ0n) is 17.3. The van der Waals surface area contributed by atoms with E-state index >= 15 is 0 Å². The van der Waals surface area contributed by atoms with Gasteiger partial charge < -0.3 is 19.9 Å². The predicted octanol–water partition coefficient (Wildman–Crippen LogP) is 1.69. The first-order chi connectivity index (χ1) is 14.9. The number of rotatable bonds is 4. The maximum atomic E-state index is 13.6. The summed E-state index contributed by atoms with van der Waals surface area (Å²) in [7, 11) is 0. The van der Waals surface area contributed by atoms with Gasteiger partial charge in [0.15, 0.2) is 5.78 Å². The normalized spacial score (nSPS) is 27.1. The van der Waals surface area contributed by atoms with E-state index in [9.17, 15) is 19.2 Å². The molecule has 0 radical (unpaired) electrons. The Morgan fingerprint density at radius 1 is 1.26 bits per heavy atom. The predicted molar refractivity (Wildman–Crippen MR) is 115 cm³/mol. The van der Waals surface area contributed by atoms with Crippen LogP contribution >= 0.6 is 11.3 Å². The number of aromatic amines is 1. The number of aromatic nitrogens is 1. The molecule has 2 N–H and O–H groups in total. The van der Waals surface area contributed by atoms with Crippen LogP contribution in [0.3, 0.4) is 0 Å². The van der Waals surface area contributed by atoms with Crippen LogP contribution < -0.4 is 10.2 Å². The van der Waals surface area contributed by atoms with Crippen molar-refractivity contribution >= 4 is 39.2 Å². The van der Waals surface area contributed by atoms with Gasteiger partial charge >= 0.3 is 4.87 Å². The minimum absolute atomic E-state index is 0.0451. The molecule has 3 aliphatic rings. The first-order valence-electron chi connectivity index (χ1n) is 10.8. The number of benzene rings is 1. The Kier molecular flexibility index (Phi) is 5.18. The zero-order valence-corrected chi connectivity index (χ0v) is 18.1. The minimum atomic E-state index is -0.671. The van der Waals surface area contributed by atoms with Crippen molar-refractivity contribution in [3.05, 3.63) is 33.4 Å². The van der Waals surface area contributed by atoms with Gasteiger partial charge in [-0.25, -0.2) is 0 Å². The van der Waals surface area contributed by atoms with E-state index in [2.05, 4.69) is 10.3 Å². The van der Waals surface area contributed by atoms with Gasteiger partial charge in [0.1, 0.15) is 18.7 Å². The standard InChI is InChI=1S/C22H25N3O5S/c1-11-9-25(18-15(26)10-30-19(11)18)21(28)17(12-4-2-3-5-12)24-20(27)13-6-7-14-16(8-13)31-22(29)23-14/h6-8,11-12,17-19H,2-5,9-10H2,1H3,(H,23,29)(H,24,27)/t11-,17-,18+,19+/m0/s1. The van der Waals surface area contributed by atoms with Crippen molar-refractivity contribution in [2.75, 3.05) is 13.2 Å². The van der Waals surface area contributed by atoms with Gasteiger partial charge in [0.25, 0.3) is 5.91 Å². The van der Waals surface area contributed by atoms with Crippen molar-refractivity contribution in [2.24, 2.45) is 11.8 Å². The van der Waals surface area contributed by atoms with Gasteiger partial charge in [-0.3, -0.25) is 19.2 Å². The second-order valence-electron chi connectivity index (χ2n) is 8.88. The molecule has 2 aromatic rings. The van der Waals surface area contributed by atoms with E-state index < -0.39 is 12.1 Å². The minimum Gasteiger partial charge on any atom is -0.367 e. The SMILES string of the molecule is C[C@H]1CN(C(=O)[C@@H](NC(=O)c2ccc3[nH]c(=O)sc3c2)C2CCCC2)[C@@H]2C(=O)CO[C@@H]21. The summed E-state index contributed by atoms with van der Waals surface area (Å²) < 4.78 is 6.32. The van der Waals surface area contributed by atoms with E-state index in [0.29, 0.717) is 22.3 Å². The van der Waals surface area contributed by atoms with Crippen LogP contribution in [0.5, 0.6) is 0 Å². The topological polar surface area (TPSA) is 109 Å². The maximum absolute atomic E-state index is 13.6. The van der Waals surface area contributed by atoms with E-state index in [1.807, 2.05) is 6.92 Å². The quantitative estimate of drug-likeness (QED) is 0.748. The van der Waals surface area contributed by atoms with Crippen molar-refractivity contribution < 1.29 is 19.1 Å². The largest absolute Gasteiger partial charge is 0.367 e. The number of hydrogen-bond acceptors (Lipinski definition) is 6. The highest BCUT2D eigenvalue weighted by atomic mass is 32.1. The molecule has 4 atom stereocenters. The highest BCUT2D eigenvalue weighted by Gasteiger charge is 2.52. The highest BCUT2D eigenvalue weighted by molar-refractivity contribution is 7.16. The third-order valence-electron chi connectivity index (χ3n) is 6.83. The lowest BCUT2D eigenvalue weighted by Crippen LogP contribution is -2.54. The Labute approximate surface area is 182 Å². The van der Waals surface area contributed by atoms with Crippen LogP contribution in [0.1, 0.15) is 43.0 Å². The number of nitrogens with one attached hydrogen (secondary N) is 2. The van der Waals surface area contributed by atoms with Crippen LogP contribution in [0.2, 0.25) is 0 Å². The molecule has 3 heterocycles.